The number of benzene rings is 9. The first-order valence-corrected chi connectivity index (χ1v) is 28.3. The van der Waals surface area contributed by atoms with Gasteiger partial charge in [0.1, 0.15) is 0 Å². The van der Waals surface area contributed by atoms with E-state index in [4.69, 9.17) is 20.1 Å². The van der Waals surface area contributed by atoms with Crippen LogP contribution in [0, 0.1) is 23.5 Å². The van der Waals surface area contributed by atoms with E-state index in [2.05, 4.69) is 198 Å². The van der Waals surface area contributed by atoms with Gasteiger partial charge in [0.2, 0.25) is 0 Å². The first-order valence-electron chi connectivity index (χ1n) is 26.6. The van der Waals surface area contributed by atoms with Gasteiger partial charge < -0.3 is 10.3 Å². The Morgan fingerprint density at radius 1 is 0.551 bits per heavy atom. The molecule has 0 aliphatic carbocycles. The van der Waals surface area contributed by atoms with Gasteiger partial charge in [0.25, 0.3) is 0 Å². The number of rotatable bonds is 9. The second-order valence-corrected chi connectivity index (χ2v) is 23.5. The molecule has 78 heavy (non-hydrogen) atoms. The molecule has 1 radical (unpaired) electrons. The standard InChI is InChI=1S/C44H32N3OSe.C25H26N3.Ir/c1-25(2)34-23-35-31-20-18-29(28-11-6-5-7-12-28)22-39(31)49-43(35)40(26(3)4)41(34)47-37-16-9-8-15-36(37)46-44(47)33-14-10-13-32-30-19-17-27(24-45)21-38(30)48-42(32)33;1-16(2)20-11-8-12-21(17(3)4)24(20)28-23-14-6-5-13-22(23)27-25(28)18-9-7-10-19(26)15-18;/h5-13,15-23,25-26H,1-4H3;5-8,10-17H,26H2,1-4H3;/q2*-1;. The Labute approximate surface area is 475 Å². The Bertz CT molecular complexity index is 4430. The fraction of sp³-hybridized carbons (Fsp3) is 0.174. The van der Waals surface area contributed by atoms with Crippen molar-refractivity contribution in [3.63, 3.8) is 0 Å². The van der Waals surface area contributed by atoms with Gasteiger partial charge >= 0.3 is 286 Å². The molecule has 0 unspecified atom stereocenters. The molecule has 0 spiro atoms. The van der Waals surface area contributed by atoms with Crippen molar-refractivity contribution >= 4 is 83.5 Å². The van der Waals surface area contributed by atoms with E-state index < -0.39 is 0 Å². The number of imidazole rings is 2. The Kier molecular flexibility index (Phi) is 14.2. The van der Waals surface area contributed by atoms with Crippen LogP contribution in [-0.4, -0.2) is 33.6 Å². The van der Waals surface area contributed by atoms with Crippen molar-refractivity contribution in [2.45, 2.75) is 79.1 Å². The van der Waals surface area contributed by atoms with Gasteiger partial charge in [-0.3, -0.25) is 4.98 Å². The van der Waals surface area contributed by atoms with Gasteiger partial charge in [-0.05, 0) is 35.1 Å². The molecule has 9 aromatic carbocycles. The predicted octanol–water partition coefficient (Wildman–Crippen LogP) is 17.9. The zero-order chi connectivity index (χ0) is 53.2. The number of aromatic nitrogens is 4. The fourth-order valence-corrected chi connectivity index (χ4v) is 14.2. The van der Waals surface area contributed by atoms with Gasteiger partial charge in [0.05, 0.1) is 16.9 Å². The van der Waals surface area contributed by atoms with E-state index in [0.29, 0.717) is 28.7 Å². The van der Waals surface area contributed by atoms with Crippen molar-refractivity contribution in [2.75, 3.05) is 5.73 Å². The molecular weight excluding hydrogens is 1200 g/mol. The number of fused-ring (bicyclic) bond motifs is 8. The van der Waals surface area contributed by atoms with Crippen molar-refractivity contribution in [1.82, 2.24) is 19.1 Å². The van der Waals surface area contributed by atoms with Crippen LogP contribution in [0.2, 0.25) is 0 Å². The summed E-state index contributed by atoms with van der Waals surface area (Å²) in [5.41, 5.74) is 24.9. The smallest absolute Gasteiger partial charge is 0.0774 e. The topological polar surface area (TPSA) is 98.6 Å². The summed E-state index contributed by atoms with van der Waals surface area (Å²) in [4.78, 5) is 10.3. The number of nitriles is 1. The van der Waals surface area contributed by atoms with E-state index in [9.17, 15) is 5.26 Å². The van der Waals surface area contributed by atoms with Crippen molar-refractivity contribution in [3.8, 4) is 51.3 Å². The number of nitrogens with two attached hydrogens (primary N) is 1. The second kappa shape index (κ2) is 21.2. The fourth-order valence-electron chi connectivity index (χ4n) is 11.2. The molecule has 0 saturated heterocycles. The van der Waals surface area contributed by atoms with Gasteiger partial charge in [-0.15, -0.1) is 29.8 Å². The first kappa shape index (κ1) is 52.2. The summed E-state index contributed by atoms with van der Waals surface area (Å²) < 4.78 is 14.1. The zero-order valence-corrected chi connectivity index (χ0v) is 49.0. The first-order chi connectivity index (χ1) is 37.4. The average Bonchev–Trinajstić information content (AvgIpc) is 4.40. The van der Waals surface area contributed by atoms with Crippen LogP contribution < -0.4 is 5.73 Å². The molecule has 4 heterocycles. The third-order valence-corrected chi connectivity index (χ3v) is 17.4. The maximum Gasteiger partial charge on any atom is 0.0774 e. The van der Waals surface area contributed by atoms with Gasteiger partial charge in [-0.2, -0.15) is 5.26 Å². The number of furan rings is 1. The SMILES string of the molecule is CC(C)c1cc2c([se]c3cc(-c4ccccc4)ccc32)c(C(C)C)c1-n1c(-c2[c-]ccc3c2oc2cc(C#N)ccc23)nc2ccccc21.CC(C)c1cccc(C(C)C)c1-n1c(-c2[c-]ccc(N)c2)nc2ccccc21.[Ir]. The van der Waals surface area contributed by atoms with Crippen molar-refractivity contribution in [1.29, 1.82) is 5.26 Å². The summed E-state index contributed by atoms with van der Waals surface area (Å²) in [5, 5.41) is 14.3. The molecule has 0 fully saturated rings. The van der Waals surface area contributed by atoms with Crippen LogP contribution in [0.1, 0.15) is 107 Å². The Balaban J connectivity index is 0.000000190. The zero-order valence-electron chi connectivity index (χ0n) is 44.9. The molecule has 4 aromatic heterocycles. The third-order valence-electron chi connectivity index (χ3n) is 14.9. The van der Waals surface area contributed by atoms with E-state index in [1.807, 2.05) is 54.6 Å². The largest absolute Gasteiger partial charge is 0.414 e. The molecule has 387 valence electrons. The van der Waals surface area contributed by atoms with E-state index >= 15 is 0 Å². The number of para-hydroxylation sites is 5. The second-order valence-electron chi connectivity index (χ2n) is 21.3. The molecule has 9 heteroatoms. The minimum atomic E-state index is 0. The minimum Gasteiger partial charge on any atom is -0.414 e. The number of nitrogens with zero attached hydrogens (tertiary/aromatic N) is 5. The van der Waals surface area contributed by atoms with Crippen molar-refractivity contribution in [3.05, 3.63) is 210 Å². The maximum atomic E-state index is 9.57. The number of nitrogen functional groups attached to an aromatic ring is 1. The molecule has 13 rings (SSSR count). The molecule has 2 N–H and O–H groups in total. The minimum absolute atomic E-state index is 0. The summed E-state index contributed by atoms with van der Waals surface area (Å²) in [5.74, 6) is 3.02. The molecule has 0 aliphatic rings. The van der Waals surface area contributed by atoms with Crippen molar-refractivity contribution in [2.24, 2.45) is 0 Å². The Morgan fingerprint density at radius 3 is 1.83 bits per heavy atom. The van der Waals surface area contributed by atoms with Crippen LogP contribution in [0.15, 0.2) is 174 Å². The Hall–Kier alpha value is -7.82. The van der Waals surface area contributed by atoms with E-state index in [0.717, 1.165) is 61.2 Å². The summed E-state index contributed by atoms with van der Waals surface area (Å²) in [6.45, 7) is 18.2. The van der Waals surface area contributed by atoms with Crippen LogP contribution >= 0.6 is 0 Å². The van der Waals surface area contributed by atoms with Gasteiger partial charge in [-0.1, -0.05) is 63.7 Å². The number of hydrogen-bond donors (Lipinski definition) is 1. The van der Waals surface area contributed by atoms with Gasteiger partial charge in [0.15, 0.2) is 0 Å². The summed E-state index contributed by atoms with van der Waals surface area (Å²) in [7, 11) is 0. The molecule has 0 amide bonds. The number of hydrogen-bond acceptors (Lipinski definition) is 5. The normalized spacial score (nSPS) is 11.7. The quantitative estimate of drug-likeness (QED) is 0.0882. The van der Waals surface area contributed by atoms with E-state index in [1.165, 1.54) is 64.0 Å². The van der Waals surface area contributed by atoms with E-state index in [1.54, 1.807) is 0 Å². The maximum absolute atomic E-state index is 9.57. The van der Waals surface area contributed by atoms with Crippen LogP contribution in [0.3, 0.4) is 0 Å². The van der Waals surface area contributed by atoms with E-state index in [-0.39, 0.29) is 46.4 Å². The Morgan fingerprint density at radius 2 is 1.18 bits per heavy atom. The molecule has 7 nitrogen and oxygen atoms in total. The molecule has 13 aromatic rings. The van der Waals surface area contributed by atoms with Crippen LogP contribution in [0.25, 0.3) is 109 Å². The predicted molar refractivity (Wildman–Crippen MR) is 321 cm³/mol. The van der Waals surface area contributed by atoms with Crippen LogP contribution in [0.4, 0.5) is 5.69 Å². The molecule has 0 atom stereocenters. The molecular formula is C69H58IrN6OSe-2. The summed E-state index contributed by atoms with van der Waals surface area (Å²) >= 11 is 0.138. The number of anilines is 1. The average molecular weight is 1260 g/mol. The van der Waals surface area contributed by atoms with Gasteiger partial charge in [-0.25, -0.2) is 0 Å². The molecule has 0 aliphatic heterocycles. The van der Waals surface area contributed by atoms with Crippen LogP contribution in [0.5, 0.6) is 0 Å². The van der Waals surface area contributed by atoms with Gasteiger partial charge in [0, 0.05) is 25.8 Å². The third kappa shape index (κ3) is 9.07. The molecule has 0 bridgehead atoms. The summed E-state index contributed by atoms with van der Waals surface area (Å²) in [6, 6.07) is 68.0. The monoisotopic (exact) mass is 1260 g/mol. The van der Waals surface area contributed by atoms with Crippen LogP contribution in [-0.2, 0) is 20.1 Å². The van der Waals surface area contributed by atoms with Crippen molar-refractivity contribution < 1.29 is 24.5 Å². The molecule has 0 saturated carbocycles. The summed E-state index contributed by atoms with van der Waals surface area (Å²) in [6.07, 6.45) is 0.